The minimum Gasteiger partial charge on any atom is -0.490 e. The molecule has 35 heavy (non-hydrogen) atoms. The first kappa shape index (κ1) is 24.0. The number of aromatic amines is 1. The highest BCUT2D eigenvalue weighted by Gasteiger charge is 2.15. The molecule has 0 radical (unpaired) electrons. The number of nitrogens with one attached hydrogen (secondary N) is 1. The fourth-order valence-electron chi connectivity index (χ4n) is 3.67. The Balaban J connectivity index is 1.50. The van der Waals surface area contributed by atoms with Crippen LogP contribution in [-0.2, 0) is 16.0 Å². The molecule has 0 aliphatic rings. The number of nitrogens with zero attached hydrogens (tertiary/aromatic N) is 3. The summed E-state index contributed by atoms with van der Waals surface area (Å²) in [6.45, 7) is 8.28. The van der Waals surface area contributed by atoms with Crippen LogP contribution in [-0.4, -0.2) is 33.8 Å². The molecule has 180 valence electrons. The van der Waals surface area contributed by atoms with Gasteiger partial charge in [-0.05, 0) is 56.0 Å². The highest BCUT2D eigenvalue weighted by atomic mass is 16.5. The number of H-pyrrole nitrogens is 1. The fraction of sp³-hybridized carbons (Fsp3) is 0.333. The van der Waals surface area contributed by atoms with Gasteiger partial charge in [0.15, 0.2) is 0 Å². The summed E-state index contributed by atoms with van der Waals surface area (Å²) in [5.74, 6) is 1.42. The molecule has 2 heterocycles. The molecule has 4 rings (SSSR count). The molecule has 0 unspecified atom stereocenters. The largest absolute Gasteiger partial charge is 0.490 e. The molecular formula is C27H28N4O4. The molecule has 0 amide bonds. The van der Waals surface area contributed by atoms with Gasteiger partial charge >= 0.3 is 5.97 Å². The Labute approximate surface area is 203 Å². The molecule has 0 saturated heterocycles. The van der Waals surface area contributed by atoms with Gasteiger partial charge < -0.3 is 19.0 Å². The van der Waals surface area contributed by atoms with Gasteiger partial charge in [0.1, 0.15) is 11.8 Å². The number of benzene rings is 2. The van der Waals surface area contributed by atoms with Gasteiger partial charge in [-0.3, -0.25) is 4.79 Å². The smallest absolute Gasteiger partial charge is 0.306 e. The summed E-state index contributed by atoms with van der Waals surface area (Å²) in [7, 11) is 0. The predicted molar refractivity (Wildman–Crippen MR) is 132 cm³/mol. The van der Waals surface area contributed by atoms with Crippen LogP contribution in [0.1, 0.15) is 45.2 Å². The lowest BCUT2D eigenvalue weighted by Crippen LogP contribution is -2.10. The van der Waals surface area contributed by atoms with Crippen molar-refractivity contribution < 1.29 is 18.8 Å². The van der Waals surface area contributed by atoms with E-state index in [0.29, 0.717) is 54.0 Å². The van der Waals surface area contributed by atoms with E-state index in [1.807, 2.05) is 52.1 Å². The third kappa shape index (κ3) is 5.69. The maximum absolute atomic E-state index is 12.0. The van der Waals surface area contributed by atoms with Gasteiger partial charge in [0.25, 0.3) is 5.89 Å². The topological polar surface area (TPSA) is 114 Å². The molecule has 0 fully saturated rings. The summed E-state index contributed by atoms with van der Waals surface area (Å²) in [5.41, 5.74) is 3.81. The Kier molecular flexibility index (Phi) is 7.16. The summed E-state index contributed by atoms with van der Waals surface area (Å²) < 4.78 is 16.4. The van der Waals surface area contributed by atoms with Gasteiger partial charge in [-0.2, -0.15) is 10.2 Å². The Morgan fingerprint density at radius 1 is 1.14 bits per heavy atom. The zero-order chi connectivity index (χ0) is 24.9. The standard InChI is InChI=1S/C27H28N4O4/c1-16(2)15-33-25(32)10-7-20-14-29-23-12-18(5-8-22(20)23)26-30-27(35-31-26)19-6-9-24(34-17(3)4)21(11-19)13-28/h5-6,8-9,11-12,14,16-17,29H,7,10,15H2,1-4H3. The van der Waals surface area contributed by atoms with Crippen molar-refractivity contribution >= 4 is 16.9 Å². The van der Waals surface area contributed by atoms with Crippen molar-refractivity contribution in [2.45, 2.75) is 46.6 Å². The van der Waals surface area contributed by atoms with Crippen LogP contribution in [0.2, 0.25) is 0 Å². The van der Waals surface area contributed by atoms with Crippen LogP contribution in [0.25, 0.3) is 33.7 Å². The molecule has 0 saturated carbocycles. The number of hydrogen-bond donors (Lipinski definition) is 1. The normalized spacial score (nSPS) is 11.2. The minimum absolute atomic E-state index is 0.0370. The molecule has 1 N–H and O–H groups in total. The van der Waals surface area contributed by atoms with Crippen LogP contribution in [0.15, 0.2) is 47.1 Å². The van der Waals surface area contributed by atoms with Crippen LogP contribution >= 0.6 is 0 Å². The Morgan fingerprint density at radius 3 is 2.69 bits per heavy atom. The van der Waals surface area contributed by atoms with Gasteiger partial charge in [-0.25, -0.2) is 0 Å². The van der Waals surface area contributed by atoms with E-state index in [-0.39, 0.29) is 12.1 Å². The van der Waals surface area contributed by atoms with E-state index >= 15 is 0 Å². The van der Waals surface area contributed by atoms with Crippen LogP contribution < -0.4 is 4.74 Å². The predicted octanol–water partition coefficient (Wildman–Crippen LogP) is 5.68. The maximum atomic E-state index is 12.0. The van der Waals surface area contributed by atoms with Gasteiger partial charge in [0.2, 0.25) is 5.82 Å². The van der Waals surface area contributed by atoms with Crippen LogP contribution in [0.5, 0.6) is 5.75 Å². The third-order valence-corrected chi connectivity index (χ3v) is 5.34. The molecule has 8 heteroatoms. The zero-order valence-corrected chi connectivity index (χ0v) is 20.3. The maximum Gasteiger partial charge on any atom is 0.306 e. The van der Waals surface area contributed by atoms with Gasteiger partial charge in [0, 0.05) is 34.6 Å². The minimum atomic E-state index is -0.188. The molecule has 4 aromatic rings. The Hall–Kier alpha value is -4.12. The zero-order valence-electron chi connectivity index (χ0n) is 20.3. The Morgan fingerprint density at radius 2 is 1.94 bits per heavy atom. The highest BCUT2D eigenvalue weighted by Crippen LogP contribution is 2.29. The second kappa shape index (κ2) is 10.4. The van der Waals surface area contributed by atoms with Crippen molar-refractivity contribution in [3.05, 3.63) is 53.7 Å². The number of aromatic nitrogens is 3. The van der Waals surface area contributed by atoms with E-state index in [4.69, 9.17) is 14.0 Å². The molecule has 0 spiro atoms. The SMILES string of the molecule is CC(C)COC(=O)CCc1c[nH]c2cc(-c3noc(-c4ccc(OC(C)C)c(C#N)c4)n3)ccc12. The monoisotopic (exact) mass is 472 g/mol. The van der Waals surface area contributed by atoms with E-state index in [2.05, 4.69) is 21.2 Å². The van der Waals surface area contributed by atoms with Crippen molar-refractivity contribution in [2.75, 3.05) is 6.61 Å². The molecular weight excluding hydrogens is 444 g/mol. The lowest BCUT2D eigenvalue weighted by Gasteiger charge is -2.11. The van der Waals surface area contributed by atoms with Gasteiger partial charge in [-0.1, -0.05) is 31.1 Å². The summed E-state index contributed by atoms with van der Waals surface area (Å²) >= 11 is 0. The summed E-state index contributed by atoms with van der Waals surface area (Å²) in [5, 5.41) is 14.6. The van der Waals surface area contributed by atoms with E-state index in [1.54, 1.807) is 18.2 Å². The fourth-order valence-corrected chi connectivity index (χ4v) is 3.67. The first-order chi connectivity index (χ1) is 16.8. The molecule has 0 atom stereocenters. The summed E-state index contributed by atoms with van der Waals surface area (Å²) in [4.78, 5) is 19.7. The molecule has 0 bridgehead atoms. The van der Waals surface area contributed by atoms with Crippen molar-refractivity contribution in [1.29, 1.82) is 5.26 Å². The number of fused-ring (bicyclic) bond motifs is 1. The number of esters is 1. The van der Waals surface area contributed by atoms with E-state index in [9.17, 15) is 10.1 Å². The van der Waals surface area contributed by atoms with Gasteiger partial charge in [0.05, 0.1) is 18.3 Å². The van der Waals surface area contributed by atoms with Crippen LogP contribution in [0, 0.1) is 17.2 Å². The number of hydrogen-bond acceptors (Lipinski definition) is 7. The summed E-state index contributed by atoms with van der Waals surface area (Å²) in [6.07, 6.45) is 2.81. The molecule has 2 aromatic carbocycles. The van der Waals surface area contributed by atoms with Crippen molar-refractivity contribution in [3.8, 4) is 34.7 Å². The number of ether oxygens (including phenoxy) is 2. The number of carbonyl (C=O) groups excluding carboxylic acids is 1. The molecule has 0 aliphatic carbocycles. The van der Waals surface area contributed by atoms with Crippen LogP contribution in [0.4, 0.5) is 0 Å². The average molecular weight is 473 g/mol. The van der Waals surface area contributed by atoms with Gasteiger partial charge in [-0.15, -0.1) is 0 Å². The molecule has 8 nitrogen and oxygen atoms in total. The van der Waals surface area contributed by atoms with Crippen molar-refractivity contribution in [3.63, 3.8) is 0 Å². The van der Waals surface area contributed by atoms with E-state index < -0.39 is 0 Å². The second-order valence-corrected chi connectivity index (χ2v) is 9.06. The highest BCUT2D eigenvalue weighted by molar-refractivity contribution is 5.87. The number of rotatable bonds is 9. The number of nitriles is 1. The number of aryl methyl sites for hydroxylation is 1. The summed E-state index contributed by atoms with van der Waals surface area (Å²) in [6, 6.07) is 13.2. The number of carbonyl (C=O) groups is 1. The second-order valence-electron chi connectivity index (χ2n) is 9.06. The quantitative estimate of drug-likeness (QED) is 0.312. The first-order valence-electron chi connectivity index (χ1n) is 11.6. The average Bonchev–Trinajstić information content (AvgIpc) is 3.48. The van der Waals surface area contributed by atoms with Crippen molar-refractivity contribution in [1.82, 2.24) is 15.1 Å². The Bertz CT molecular complexity index is 1380. The lowest BCUT2D eigenvalue weighted by atomic mass is 10.1. The first-order valence-corrected chi connectivity index (χ1v) is 11.6. The van der Waals surface area contributed by atoms with E-state index in [0.717, 1.165) is 22.0 Å². The van der Waals surface area contributed by atoms with E-state index in [1.165, 1.54) is 0 Å². The lowest BCUT2D eigenvalue weighted by molar-refractivity contribution is -0.144. The molecule has 2 aromatic heterocycles. The van der Waals surface area contributed by atoms with Crippen molar-refractivity contribution in [2.24, 2.45) is 5.92 Å². The molecule has 0 aliphatic heterocycles. The third-order valence-electron chi connectivity index (χ3n) is 5.34. The van der Waals surface area contributed by atoms with Crippen LogP contribution in [0.3, 0.4) is 0 Å².